The Balaban J connectivity index is 2.10. The molecule has 1 atom stereocenters. The lowest BCUT2D eigenvalue weighted by Gasteiger charge is -2.42. The van der Waals surface area contributed by atoms with Crippen molar-refractivity contribution in [1.82, 2.24) is 4.90 Å². The molecule has 1 heterocycles. The van der Waals surface area contributed by atoms with Gasteiger partial charge >= 0.3 is 0 Å². The Morgan fingerprint density at radius 3 is 2.82 bits per heavy atom. The zero-order chi connectivity index (χ0) is 16.2. The predicted molar refractivity (Wildman–Crippen MR) is 83.8 cm³/mol. The second-order valence-corrected chi connectivity index (χ2v) is 6.27. The van der Waals surface area contributed by atoms with E-state index in [9.17, 15) is 0 Å². The lowest BCUT2D eigenvalue weighted by molar-refractivity contribution is -0.154. The van der Waals surface area contributed by atoms with Gasteiger partial charge in [-0.05, 0) is 31.5 Å². The van der Waals surface area contributed by atoms with Crippen LogP contribution in [-0.4, -0.2) is 50.5 Å². The first-order valence-corrected chi connectivity index (χ1v) is 7.43. The van der Waals surface area contributed by atoms with Crippen molar-refractivity contribution in [3.05, 3.63) is 29.3 Å². The van der Waals surface area contributed by atoms with Crippen LogP contribution in [0.4, 0.5) is 0 Å². The summed E-state index contributed by atoms with van der Waals surface area (Å²) in [6.45, 7) is 7.28. The molecule has 1 aliphatic heterocycles. The molecule has 0 spiro atoms. The molecule has 0 aliphatic carbocycles. The van der Waals surface area contributed by atoms with Crippen molar-refractivity contribution in [3.8, 4) is 11.8 Å². The molecule has 5 nitrogen and oxygen atoms in total. The SMILES string of the molecule is COCC1CN(Cc2ccc(C#N)c(OC)c2)CC(C)(C)O1. The van der Waals surface area contributed by atoms with Gasteiger partial charge in [-0.1, -0.05) is 6.07 Å². The summed E-state index contributed by atoms with van der Waals surface area (Å²) in [5.41, 5.74) is 1.49. The fourth-order valence-corrected chi connectivity index (χ4v) is 2.99. The van der Waals surface area contributed by atoms with Crippen LogP contribution in [0.15, 0.2) is 18.2 Å². The van der Waals surface area contributed by atoms with Gasteiger partial charge in [-0.15, -0.1) is 0 Å². The highest BCUT2D eigenvalue weighted by atomic mass is 16.5. The minimum Gasteiger partial charge on any atom is -0.495 e. The highest BCUT2D eigenvalue weighted by Crippen LogP contribution is 2.25. The van der Waals surface area contributed by atoms with E-state index in [0.29, 0.717) is 17.9 Å². The van der Waals surface area contributed by atoms with Gasteiger partial charge in [0.25, 0.3) is 0 Å². The lowest BCUT2D eigenvalue weighted by atomic mass is 10.0. The van der Waals surface area contributed by atoms with Gasteiger partial charge in [0.15, 0.2) is 0 Å². The topological polar surface area (TPSA) is 54.7 Å². The summed E-state index contributed by atoms with van der Waals surface area (Å²) >= 11 is 0. The standard InChI is InChI=1S/C17H24N2O3/c1-17(2)12-19(10-15(22-17)11-20-3)9-13-5-6-14(8-18)16(7-13)21-4/h5-7,15H,9-12H2,1-4H3. The molecule has 0 aromatic heterocycles. The van der Waals surface area contributed by atoms with E-state index >= 15 is 0 Å². The molecule has 0 saturated carbocycles. The van der Waals surface area contributed by atoms with E-state index in [4.69, 9.17) is 19.5 Å². The molecule has 0 radical (unpaired) electrons. The van der Waals surface area contributed by atoms with Crippen molar-refractivity contribution in [2.24, 2.45) is 0 Å². The van der Waals surface area contributed by atoms with E-state index in [0.717, 1.165) is 25.2 Å². The van der Waals surface area contributed by atoms with Crippen LogP contribution >= 0.6 is 0 Å². The summed E-state index contributed by atoms with van der Waals surface area (Å²) in [6.07, 6.45) is 0.0778. The monoisotopic (exact) mass is 304 g/mol. The maximum atomic E-state index is 9.05. The number of hydrogen-bond acceptors (Lipinski definition) is 5. The summed E-state index contributed by atoms with van der Waals surface area (Å²) in [4.78, 5) is 2.36. The van der Waals surface area contributed by atoms with Gasteiger partial charge in [0, 0.05) is 26.7 Å². The van der Waals surface area contributed by atoms with Crippen molar-refractivity contribution >= 4 is 0 Å². The van der Waals surface area contributed by atoms with Gasteiger partial charge in [-0.2, -0.15) is 5.26 Å². The van der Waals surface area contributed by atoms with Crippen LogP contribution in [0.1, 0.15) is 25.0 Å². The van der Waals surface area contributed by atoms with Gasteiger partial charge in [0.1, 0.15) is 11.8 Å². The highest BCUT2D eigenvalue weighted by molar-refractivity contribution is 5.45. The maximum Gasteiger partial charge on any atom is 0.136 e. The Kier molecular flexibility index (Phi) is 5.41. The molecule has 1 fully saturated rings. The third-order valence-corrected chi connectivity index (χ3v) is 3.70. The molecule has 120 valence electrons. The number of nitrogens with zero attached hydrogens (tertiary/aromatic N) is 2. The number of benzene rings is 1. The molecule has 5 heteroatoms. The zero-order valence-corrected chi connectivity index (χ0v) is 13.8. The van der Waals surface area contributed by atoms with Gasteiger partial charge in [-0.25, -0.2) is 0 Å². The number of ether oxygens (including phenoxy) is 3. The zero-order valence-electron chi connectivity index (χ0n) is 13.8. The molecule has 1 aromatic rings. The van der Waals surface area contributed by atoms with Crippen LogP contribution in [0.3, 0.4) is 0 Å². The summed E-state index contributed by atoms with van der Waals surface area (Å²) in [6, 6.07) is 7.87. The molecule has 22 heavy (non-hydrogen) atoms. The number of methoxy groups -OCH3 is 2. The number of hydrogen-bond donors (Lipinski definition) is 0. The van der Waals surface area contributed by atoms with Crippen molar-refractivity contribution in [1.29, 1.82) is 5.26 Å². The van der Waals surface area contributed by atoms with Crippen LogP contribution < -0.4 is 4.74 Å². The Morgan fingerprint density at radius 2 is 2.18 bits per heavy atom. The van der Waals surface area contributed by atoms with Crippen molar-refractivity contribution in [2.45, 2.75) is 32.1 Å². The summed E-state index contributed by atoms with van der Waals surface area (Å²) in [5, 5.41) is 9.05. The predicted octanol–water partition coefficient (Wildman–Crippen LogP) is 2.19. The van der Waals surface area contributed by atoms with E-state index in [-0.39, 0.29) is 11.7 Å². The van der Waals surface area contributed by atoms with E-state index in [1.807, 2.05) is 18.2 Å². The smallest absolute Gasteiger partial charge is 0.136 e. The normalized spacial score (nSPS) is 21.3. The van der Waals surface area contributed by atoms with Crippen LogP contribution in [0.25, 0.3) is 0 Å². The molecular weight excluding hydrogens is 280 g/mol. The van der Waals surface area contributed by atoms with Crippen LogP contribution in [-0.2, 0) is 16.0 Å². The summed E-state index contributed by atoms with van der Waals surface area (Å²) in [5.74, 6) is 0.626. The summed E-state index contributed by atoms with van der Waals surface area (Å²) in [7, 11) is 3.28. The van der Waals surface area contributed by atoms with Crippen molar-refractivity contribution < 1.29 is 14.2 Å². The van der Waals surface area contributed by atoms with E-state index in [1.54, 1.807) is 14.2 Å². The van der Waals surface area contributed by atoms with Crippen LogP contribution in [0.2, 0.25) is 0 Å². The van der Waals surface area contributed by atoms with E-state index in [1.165, 1.54) is 0 Å². The highest BCUT2D eigenvalue weighted by Gasteiger charge is 2.33. The van der Waals surface area contributed by atoms with Gasteiger partial charge in [-0.3, -0.25) is 4.90 Å². The van der Waals surface area contributed by atoms with E-state index in [2.05, 4.69) is 24.8 Å². The summed E-state index contributed by atoms with van der Waals surface area (Å²) < 4.78 is 16.5. The molecule has 1 saturated heterocycles. The fraction of sp³-hybridized carbons (Fsp3) is 0.588. The minimum atomic E-state index is -0.196. The number of rotatable bonds is 5. The van der Waals surface area contributed by atoms with Gasteiger partial charge < -0.3 is 14.2 Å². The van der Waals surface area contributed by atoms with Crippen LogP contribution in [0, 0.1) is 11.3 Å². The van der Waals surface area contributed by atoms with Gasteiger partial charge in [0.05, 0.1) is 31.0 Å². The molecule has 0 N–H and O–H groups in total. The second kappa shape index (κ2) is 7.10. The average Bonchev–Trinajstić information content (AvgIpc) is 2.45. The largest absolute Gasteiger partial charge is 0.495 e. The maximum absolute atomic E-state index is 9.05. The molecule has 1 aromatic carbocycles. The molecule has 0 bridgehead atoms. The molecule has 1 aliphatic rings. The third kappa shape index (κ3) is 4.20. The third-order valence-electron chi connectivity index (χ3n) is 3.70. The first-order valence-electron chi connectivity index (χ1n) is 7.43. The van der Waals surface area contributed by atoms with Crippen LogP contribution in [0.5, 0.6) is 5.75 Å². The molecular formula is C17H24N2O3. The first kappa shape index (κ1) is 16.8. The average molecular weight is 304 g/mol. The Labute approximate surface area is 132 Å². The van der Waals surface area contributed by atoms with E-state index < -0.39 is 0 Å². The minimum absolute atomic E-state index is 0.0778. The quantitative estimate of drug-likeness (QED) is 0.834. The molecule has 1 unspecified atom stereocenters. The number of morpholine rings is 1. The van der Waals surface area contributed by atoms with Crippen molar-refractivity contribution in [2.75, 3.05) is 33.9 Å². The lowest BCUT2D eigenvalue weighted by Crippen LogP contribution is -2.53. The second-order valence-electron chi connectivity index (χ2n) is 6.27. The molecule has 0 amide bonds. The van der Waals surface area contributed by atoms with Gasteiger partial charge in [0.2, 0.25) is 0 Å². The Hall–Kier alpha value is -1.61. The number of nitriles is 1. The Bertz CT molecular complexity index is 551. The van der Waals surface area contributed by atoms with Crippen molar-refractivity contribution in [3.63, 3.8) is 0 Å². The molecule has 2 rings (SSSR count). The fourth-order valence-electron chi connectivity index (χ4n) is 2.99. The Morgan fingerprint density at radius 1 is 1.41 bits per heavy atom. The first-order chi connectivity index (χ1) is 10.5.